The SMILES string of the molecule is NCCc1cc(F)ccc1OCCOc1ccc(Br)cc1. The second-order valence-corrected chi connectivity index (χ2v) is 5.36. The fourth-order valence-corrected chi connectivity index (χ4v) is 2.15. The number of rotatable bonds is 7. The molecule has 0 aliphatic heterocycles. The van der Waals surface area contributed by atoms with Crippen LogP contribution in [0.3, 0.4) is 0 Å². The minimum absolute atomic E-state index is 0.281. The van der Waals surface area contributed by atoms with Crippen molar-refractivity contribution in [1.29, 1.82) is 0 Å². The van der Waals surface area contributed by atoms with Crippen molar-refractivity contribution >= 4 is 15.9 Å². The van der Waals surface area contributed by atoms with Crippen LogP contribution >= 0.6 is 15.9 Å². The average molecular weight is 354 g/mol. The van der Waals surface area contributed by atoms with E-state index in [2.05, 4.69) is 15.9 Å². The molecule has 0 amide bonds. The molecule has 0 saturated heterocycles. The zero-order valence-electron chi connectivity index (χ0n) is 11.5. The molecule has 112 valence electrons. The molecule has 0 atom stereocenters. The van der Waals surface area contributed by atoms with Crippen molar-refractivity contribution in [2.75, 3.05) is 19.8 Å². The molecule has 2 rings (SSSR count). The summed E-state index contributed by atoms with van der Waals surface area (Å²) in [4.78, 5) is 0. The van der Waals surface area contributed by atoms with Crippen molar-refractivity contribution in [2.24, 2.45) is 5.73 Å². The summed E-state index contributed by atoms with van der Waals surface area (Å²) in [6.45, 7) is 1.26. The summed E-state index contributed by atoms with van der Waals surface area (Å²) < 4.78 is 25.4. The number of benzene rings is 2. The van der Waals surface area contributed by atoms with Crippen LogP contribution in [0.15, 0.2) is 46.9 Å². The minimum Gasteiger partial charge on any atom is -0.490 e. The lowest BCUT2D eigenvalue weighted by Gasteiger charge is -2.12. The van der Waals surface area contributed by atoms with Crippen molar-refractivity contribution in [3.63, 3.8) is 0 Å². The van der Waals surface area contributed by atoms with Gasteiger partial charge in [0.05, 0.1) is 0 Å². The van der Waals surface area contributed by atoms with Gasteiger partial charge in [-0.25, -0.2) is 4.39 Å². The lowest BCUT2D eigenvalue weighted by atomic mass is 10.1. The second kappa shape index (κ2) is 8.00. The van der Waals surface area contributed by atoms with E-state index in [9.17, 15) is 4.39 Å². The number of halogens is 2. The molecule has 0 radical (unpaired) electrons. The third kappa shape index (κ3) is 5.02. The van der Waals surface area contributed by atoms with Crippen LogP contribution in [0, 0.1) is 5.82 Å². The van der Waals surface area contributed by atoms with Gasteiger partial charge >= 0.3 is 0 Å². The highest BCUT2D eigenvalue weighted by molar-refractivity contribution is 9.10. The van der Waals surface area contributed by atoms with Crippen LogP contribution in [0.1, 0.15) is 5.56 Å². The van der Waals surface area contributed by atoms with Crippen molar-refractivity contribution < 1.29 is 13.9 Å². The van der Waals surface area contributed by atoms with Gasteiger partial charge in [-0.3, -0.25) is 0 Å². The van der Waals surface area contributed by atoms with Gasteiger partial charge < -0.3 is 15.2 Å². The predicted molar refractivity (Wildman–Crippen MR) is 84.3 cm³/mol. The molecule has 2 N–H and O–H groups in total. The molecule has 2 aromatic carbocycles. The molecule has 0 aliphatic carbocycles. The van der Waals surface area contributed by atoms with Gasteiger partial charge in [0.25, 0.3) is 0 Å². The first kappa shape index (κ1) is 15.8. The molecule has 0 aromatic heterocycles. The van der Waals surface area contributed by atoms with E-state index in [1.54, 1.807) is 6.07 Å². The first-order valence-electron chi connectivity index (χ1n) is 6.68. The molecule has 5 heteroatoms. The molecule has 3 nitrogen and oxygen atoms in total. The maximum absolute atomic E-state index is 13.2. The van der Waals surface area contributed by atoms with E-state index in [-0.39, 0.29) is 5.82 Å². The van der Waals surface area contributed by atoms with Crippen LogP contribution in [0.5, 0.6) is 11.5 Å². The van der Waals surface area contributed by atoms with Crippen molar-refractivity contribution in [2.45, 2.75) is 6.42 Å². The first-order chi connectivity index (χ1) is 10.2. The third-order valence-electron chi connectivity index (χ3n) is 2.86. The van der Waals surface area contributed by atoms with Gasteiger partial charge in [-0.05, 0) is 61.0 Å². The van der Waals surface area contributed by atoms with E-state index >= 15 is 0 Å². The van der Waals surface area contributed by atoms with Gasteiger partial charge in [0.2, 0.25) is 0 Å². The Bertz CT molecular complexity index is 575. The minimum atomic E-state index is -0.281. The molecule has 0 heterocycles. The second-order valence-electron chi connectivity index (χ2n) is 4.44. The van der Waals surface area contributed by atoms with Crippen molar-refractivity contribution in [3.8, 4) is 11.5 Å². The van der Waals surface area contributed by atoms with Gasteiger partial charge in [0.1, 0.15) is 30.5 Å². The van der Waals surface area contributed by atoms with Crippen LogP contribution in [0.25, 0.3) is 0 Å². The Labute approximate surface area is 132 Å². The largest absolute Gasteiger partial charge is 0.490 e. The highest BCUT2D eigenvalue weighted by atomic mass is 79.9. The highest BCUT2D eigenvalue weighted by Crippen LogP contribution is 2.20. The molecule has 0 saturated carbocycles. The Balaban J connectivity index is 1.84. The van der Waals surface area contributed by atoms with Gasteiger partial charge in [-0.1, -0.05) is 15.9 Å². The fraction of sp³-hybridized carbons (Fsp3) is 0.250. The summed E-state index contributed by atoms with van der Waals surface area (Å²) in [6.07, 6.45) is 0.584. The first-order valence-corrected chi connectivity index (χ1v) is 7.48. The summed E-state index contributed by atoms with van der Waals surface area (Å²) in [5.74, 6) is 1.15. The summed E-state index contributed by atoms with van der Waals surface area (Å²) in [5, 5.41) is 0. The number of hydrogen-bond donors (Lipinski definition) is 1. The van der Waals surface area contributed by atoms with E-state index < -0.39 is 0 Å². The van der Waals surface area contributed by atoms with E-state index in [4.69, 9.17) is 15.2 Å². The molecule has 0 aliphatic rings. The molecule has 2 aromatic rings. The van der Waals surface area contributed by atoms with E-state index in [0.29, 0.717) is 31.9 Å². The summed E-state index contributed by atoms with van der Waals surface area (Å²) >= 11 is 3.37. The lowest BCUT2D eigenvalue weighted by Crippen LogP contribution is -2.11. The van der Waals surface area contributed by atoms with Crippen LogP contribution in [0.2, 0.25) is 0 Å². The standard InChI is InChI=1S/C16H17BrFNO2/c17-13-1-4-15(5-2-13)20-9-10-21-16-6-3-14(18)11-12(16)7-8-19/h1-6,11H,7-10,19H2. The number of ether oxygens (including phenoxy) is 2. The van der Waals surface area contributed by atoms with E-state index in [1.165, 1.54) is 12.1 Å². The zero-order valence-corrected chi connectivity index (χ0v) is 13.1. The lowest BCUT2D eigenvalue weighted by molar-refractivity contribution is 0.216. The molecule has 0 spiro atoms. The molecule has 0 bridgehead atoms. The molecular weight excluding hydrogens is 337 g/mol. The van der Waals surface area contributed by atoms with Crippen LogP contribution in [0.4, 0.5) is 4.39 Å². The maximum atomic E-state index is 13.2. The zero-order chi connectivity index (χ0) is 15.1. The Hall–Kier alpha value is -1.59. The topological polar surface area (TPSA) is 44.5 Å². The van der Waals surface area contributed by atoms with Crippen LogP contribution in [-0.2, 0) is 6.42 Å². The summed E-state index contributed by atoms with van der Waals surface area (Å²) in [6, 6.07) is 12.0. The monoisotopic (exact) mass is 353 g/mol. The molecule has 0 unspecified atom stereocenters. The quantitative estimate of drug-likeness (QED) is 0.774. The normalized spacial score (nSPS) is 10.4. The van der Waals surface area contributed by atoms with E-state index in [1.807, 2.05) is 24.3 Å². The van der Waals surface area contributed by atoms with Crippen molar-refractivity contribution in [1.82, 2.24) is 0 Å². The van der Waals surface area contributed by atoms with Crippen LogP contribution in [-0.4, -0.2) is 19.8 Å². The average Bonchev–Trinajstić information content (AvgIpc) is 2.48. The summed E-state index contributed by atoms with van der Waals surface area (Å²) in [7, 11) is 0. The van der Waals surface area contributed by atoms with Crippen LogP contribution < -0.4 is 15.2 Å². The summed E-state index contributed by atoms with van der Waals surface area (Å²) in [5.41, 5.74) is 6.29. The Kier molecular flexibility index (Phi) is 6.02. The maximum Gasteiger partial charge on any atom is 0.123 e. The Morgan fingerprint density at radius 3 is 2.43 bits per heavy atom. The molecular formula is C16H17BrFNO2. The number of nitrogens with two attached hydrogens (primary N) is 1. The Morgan fingerprint density at radius 2 is 1.71 bits per heavy atom. The van der Waals surface area contributed by atoms with Gasteiger partial charge in [0, 0.05) is 4.47 Å². The fourth-order valence-electron chi connectivity index (χ4n) is 1.88. The highest BCUT2D eigenvalue weighted by Gasteiger charge is 2.05. The number of hydrogen-bond acceptors (Lipinski definition) is 3. The van der Waals surface area contributed by atoms with Gasteiger partial charge in [-0.2, -0.15) is 0 Å². The van der Waals surface area contributed by atoms with Crippen molar-refractivity contribution in [3.05, 3.63) is 58.3 Å². The molecule has 21 heavy (non-hydrogen) atoms. The Morgan fingerprint density at radius 1 is 1.00 bits per heavy atom. The van der Waals surface area contributed by atoms with E-state index in [0.717, 1.165) is 15.8 Å². The molecule has 0 fully saturated rings. The smallest absolute Gasteiger partial charge is 0.123 e. The third-order valence-corrected chi connectivity index (χ3v) is 3.39. The van der Waals surface area contributed by atoms with Gasteiger partial charge in [0.15, 0.2) is 0 Å². The van der Waals surface area contributed by atoms with Gasteiger partial charge in [-0.15, -0.1) is 0 Å². The predicted octanol–water partition coefficient (Wildman–Crippen LogP) is 3.55.